The molecule has 1 aliphatic rings. The minimum absolute atomic E-state index is 0.0440. The average molecular weight is 750 g/mol. The monoisotopic (exact) mass is 749 g/mol. The maximum absolute atomic E-state index is 11.8. The van der Waals surface area contributed by atoms with Gasteiger partial charge in [-0.15, -0.1) is 0 Å². The zero-order valence-electron chi connectivity index (χ0n) is 31.2. The molecule has 0 spiro atoms. The highest BCUT2D eigenvalue weighted by Crippen LogP contribution is 2.44. The summed E-state index contributed by atoms with van der Waals surface area (Å²) in [6.07, 6.45) is -0.590. The normalized spacial score (nSPS) is 11.8. The molecule has 0 radical (unpaired) electrons. The SMILES string of the molecule is COc1ccc(C(OCc2ccc3c(c2)OCc2cc(OCc4cccc(COC(=O)CCC(=O)[O-])c4)ccc2-3)(c2ccccc2)c2ccc(OC)cc2)cc1. The third-order valence-electron chi connectivity index (χ3n) is 9.75. The Bertz CT molecular complexity index is 2240. The summed E-state index contributed by atoms with van der Waals surface area (Å²) in [5.41, 5.74) is 7.66. The molecule has 0 aliphatic carbocycles. The van der Waals surface area contributed by atoms with E-state index in [0.29, 0.717) is 25.6 Å². The van der Waals surface area contributed by atoms with Crippen molar-refractivity contribution in [1.82, 2.24) is 0 Å². The molecule has 1 heterocycles. The number of carboxylic acid groups (broad SMARTS) is 1. The first-order valence-electron chi connectivity index (χ1n) is 18.3. The van der Waals surface area contributed by atoms with Crippen LogP contribution < -0.4 is 24.1 Å². The molecule has 9 nitrogen and oxygen atoms in total. The number of carbonyl (C=O) groups is 2. The van der Waals surface area contributed by atoms with Crippen molar-refractivity contribution in [3.8, 4) is 34.1 Å². The van der Waals surface area contributed by atoms with Crippen LogP contribution in [0.2, 0.25) is 0 Å². The van der Waals surface area contributed by atoms with Crippen molar-refractivity contribution in [3.63, 3.8) is 0 Å². The van der Waals surface area contributed by atoms with Crippen molar-refractivity contribution in [2.45, 2.75) is 44.9 Å². The Kier molecular flexibility index (Phi) is 11.6. The molecule has 1 aliphatic heterocycles. The molecule has 9 heteroatoms. The lowest BCUT2D eigenvalue weighted by molar-refractivity contribution is -0.305. The number of hydrogen-bond donors (Lipinski definition) is 0. The van der Waals surface area contributed by atoms with Gasteiger partial charge in [0.15, 0.2) is 0 Å². The van der Waals surface area contributed by atoms with Gasteiger partial charge in [-0.1, -0.05) is 91.0 Å². The van der Waals surface area contributed by atoms with Gasteiger partial charge in [0.1, 0.15) is 48.4 Å². The predicted molar refractivity (Wildman–Crippen MR) is 208 cm³/mol. The molecule has 0 saturated heterocycles. The van der Waals surface area contributed by atoms with Crippen molar-refractivity contribution in [2.24, 2.45) is 0 Å². The molecule has 0 atom stereocenters. The number of ether oxygens (including phenoxy) is 6. The second-order valence-electron chi connectivity index (χ2n) is 13.4. The Morgan fingerprint density at radius 1 is 0.607 bits per heavy atom. The fourth-order valence-corrected chi connectivity index (χ4v) is 6.88. The van der Waals surface area contributed by atoms with Crippen LogP contribution in [-0.4, -0.2) is 26.2 Å². The standard InChI is InChI=1S/C47H42O9/c1-51-39-16-12-37(13-17-39)47(36-9-4-3-5-10-36,38-14-18-40(52-2)19-15-38)56-30-34-11-21-43-42-22-20-41(27-35(42)31-54-44(43)26-34)53-28-32-7-6-8-33(25-32)29-55-46(50)24-23-45(48)49/h3-22,25-27H,23-24,28-31H2,1-2H3,(H,48,49)/p-1. The van der Waals surface area contributed by atoms with E-state index in [1.165, 1.54) is 0 Å². The number of carbonyl (C=O) groups excluding carboxylic acids is 2. The lowest BCUT2D eigenvalue weighted by Crippen LogP contribution is -2.32. The van der Waals surface area contributed by atoms with Crippen LogP contribution in [-0.2, 0) is 51.1 Å². The van der Waals surface area contributed by atoms with Gasteiger partial charge in [0, 0.05) is 17.1 Å². The van der Waals surface area contributed by atoms with Gasteiger partial charge in [0.25, 0.3) is 0 Å². The molecule has 0 bridgehead atoms. The van der Waals surface area contributed by atoms with Crippen molar-refractivity contribution in [2.75, 3.05) is 14.2 Å². The number of rotatable bonds is 16. The van der Waals surface area contributed by atoms with Crippen LogP contribution in [0.15, 0.2) is 140 Å². The van der Waals surface area contributed by atoms with E-state index < -0.39 is 17.5 Å². The van der Waals surface area contributed by atoms with Crippen LogP contribution in [0.4, 0.5) is 0 Å². The van der Waals surface area contributed by atoms with Gasteiger partial charge in [0.05, 0.1) is 27.2 Å². The molecular formula is C47H41O9-. The fourth-order valence-electron chi connectivity index (χ4n) is 6.88. The summed E-state index contributed by atoms with van der Waals surface area (Å²) in [6.45, 7) is 1.04. The smallest absolute Gasteiger partial charge is 0.306 e. The van der Waals surface area contributed by atoms with Crippen LogP contribution >= 0.6 is 0 Å². The number of carboxylic acids is 1. The minimum atomic E-state index is -1.28. The molecule has 56 heavy (non-hydrogen) atoms. The molecule has 7 rings (SSSR count). The highest BCUT2D eigenvalue weighted by atomic mass is 16.5. The van der Waals surface area contributed by atoms with Gasteiger partial charge in [0.2, 0.25) is 0 Å². The zero-order chi connectivity index (χ0) is 38.9. The molecule has 0 N–H and O–H groups in total. The Labute approximate surface area is 326 Å². The predicted octanol–water partition coefficient (Wildman–Crippen LogP) is 7.92. The van der Waals surface area contributed by atoms with E-state index in [9.17, 15) is 14.7 Å². The van der Waals surface area contributed by atoms with Gasteiger partial charge in [-0.3, -0.25) is 4.79 Å². The number of benzene rings is 6. The molecule has 284 valence electrons. The van der Waals surface area contributed by atoms with E-state index in [0.717, 1.165) is 67.3 Å². The molecule has 6 aromatic rings. The lowest BCUT2D eigenvalue weighted by atomic mass is 9.80. The van der Waals surface area contributed by atoms with Crippen LogP contribution in [0.25, 0.3) is 11.1 Å². The first kappa shape index (κ1) is 37.7. The molecule has 0 fully saturated rings. The number of hydrogen-bond acceptors (Lipinski definition) is 9. The first-order valence-corrected chi connectivity index (χ1v) is 18.3. The van der Waals surface area contributed by atoms with Gasteiger partial charge >= 0.3 is 5.97 Å². The maximum atomic E-state index is 11.8. The van der Waals surface area contributed by atoms with E-state index in [1.807, 2.05) is 109 Å². The highest BCUT2D eigenvalue weighted by molar-refractivity contribution is 5.76. The van der Waals surface area contributed by atoms with Gasteiger partial charge < -0.3 is 38.3 Å². The van der Waals surface area contributed by atoms with Gasteiger partial charge in [-0.2, -0.15) is 0 Å². The second-order valence-corrected chi connectivity index (χ2v) is 13.4. The van der Waals surface area contributed by atoms with Gasteiger partial charge in [-0.25, -0.2) is 0 Å². The number of fused-ring (bicyclic) bond motifs is 3. The van der Waals surface area contributed by atoms with Crippen LogP contribution in [0.1, 0.15) is 51.8 Å². The third kappa shape index (κ3) is 8.53. The summed E-state index contributed by atoms with van der Waals surface area (Å²) in [5, 5.41) is 10.6. The molecule has 6 aromatic carbocycles. The Balaban J connectivity index is 1.08. The summed E-state index contributed by atoms with van der Waals surface area (Å²) in [7, 11) is 3.31. The summed E-state index contributed by atoms with van der Waals surface area (Å²) in [4.78, 5) is 22.4. The summed E-state index contributed by atoms with van der Waals surface area (Å²) < 4.78 is 35.8. The Morgan fingerprint density at radius 2 is 1.21 bits per heavy atom. The largest absolute Gasteiger partial charge is 0.550 e. The van der Waals surface area contributed by atoms with E-state index in [-0.39, 0.29) is 19.4 Å². The second kappa shape index (κ2) is 17.3. The van der Waals surface area contributed by atoms with Crippen LogP contribution in [0.3, 0.4) is 0 Å². The minimum Gasteiger partial charge on any atom is -0.550 e. The van der Waals surface area contributed by atoms with E-state index in [4.69, 9.17) is 28.4 Å². The number of aliphatic carboxylic acids is 1. The molecule has 0 amide bonds. The quantitative estimate of drug-likeness (QED) is 0.0720. The van der Waals surface area contributed by atoms with Gasteiger partial charge in [-0.05, 0) is 93.9 Å². The zero-order valence-corrected chi connectivity index (χ0v) is 31.2. The van der Waals surface area contributed by atoms with E-state index in [1.54, 1.807) is 14.2 Å². The summed E-state index contributed by atoms with van der Waals surface area (Å²) >= 11 is 0. The topological polar surface area (TPSA) is 113 Å². The Hall–Kier alpha value is -6.58. The molecular weight excluding hydrogens is 709 g/mol. The van der Waals surface area contributed by atoms with Crippen LogP contribution in [0, 0.1) is 0 Å². The van der Waals surface area contributed by atoms with Crippen molar-refractivity contribution >= 4 is 11.9 Å². The lowest BCUT2D eigenvalue weighted by Gasteiger charge is -2.36. The molecule has 0 aromatic heterocycles. The van der Waals surface area contributed by atoms with Crippen molar-refractivity contribution < 1.29 is 43.1 Å². The number of methoxy groups -OCH3 is 2. The van der Waals surface area contributed by atoms with E-state index >= 15 is 0 Å². The van der Waals surface area contributed by atoms with Crippen LogP contribution in [0.5, 0.6) is 23.0 Å². The number of esters is 1. The summed E-state index contributed by atoms with van der Waals surface area (Å²) in [6, 6.07) is 45.9. The Morgan fingerprint density at radius 3 is 1.88 bits per heavy atom. The molecule has 0 saturated carbocycles. The van der Waals surface area contributed by atoms with Crippen molar-refractivity contribution in [3.05, 3.63) is 178 Å². The molecule has 0 unspecified atom stereocenters. The third-order valence-corrected chi connectivity index (χ3v) is 9.75. The highest BCUT2D eigenvalue weighted by Gasteiger charge is 2.38. The summed E-state index contributed by atoms with van der Waals surface area (Å²) in [5.74, 6) is 1.13. The first-order chi connectivity index (χ1) is 27.3. The fraction of sp³-hybridized carbons (Fsp3) is 0.191. The van der Waals surface area contributed by atoms with E-state index in [2.05, 4.69) is 30.3 Å². The van der Waals surface area contributed by atoms with Crippen molar-refractivity contribution in [1.29, 1.82) is 0 Å². The average Bonchev–Trinajstić information content (AvgIpc) is 3.25. The maximum Gasteiger partial charge on any atom is 0.306 e.